The number of likely N-dealkylation sites (N-methyl/N-ethyl adjacent to an activating group) is 1. The van der Waals surface area contributed by atoms with Gasteiger partial charge in [0.15, 0.2) is 8.32 Å². The SMILES string of the molecule is CN1C(=O)O[C@@H]2CO[C@@H]3C[C@@](COCc4ccccc4)(CO[Si](C)(C)C(C)(C)C)O[C@@H]3[C@@H]21. The highest BCUT2D eigenvalue weighted by Crippen LogP contribution is 2.43. The van der Waals surface area contributed by atoms with Crippen LogP contribution in [0.5, 0.6) is 0 Å². The molecule has 178 valence electrons. The quantitative estimate of drug-likeness (QED) is 0.570. The van der Waals surface area contributed by atoms with Gasteiger partial charge in [-0.15, -0.1) is 0 Å². The van der Waals surface area contributed by atoms with Crippen LogP contribution in [0.3, 0.4) is 0 Å². The summed E-state index contributed by atoms with van der Waals surface area (Å²) in [5.74, 6) is 0. The second kappa shape index (κ2) is 8.72. The molecule has 0 saturated carbocycles. The van der Waals surface area contributed by atoms with E-state index < -0.39 is 13.9 Å². The summed E-state index contributed by atoms with van der Waals surface area (Å²) in [4.78, 5) is 13.8. The van der Waals surface area contributed by atoms with Crippen molar-refractivity contribution in [1.82, 2.24) is 4.90 Å². The van der Waals surface area contributed by atoms with Gasteiger partial charge in [-0.3, -0.25) is 0 Å². The second-order valence-corrected chi connectivity index (χ2v) is 15.7. The van der Waals surface area contributed by atoms with Gasteiger partial charge in [-0.2, -0.15) is 0 Å². The van der Waals surface area contributed by atoms with Crippen LogP contribution < -0.4 is 0 Å². The number of nitrogens with zero attached hydrogens (tertiary/aromatic N) is 1. The van der Waals surface area contributed by atoms with Crippen molar-refractivity contribution in [3.63, 3.8) is 0 Å². The molecule has 32 heavy (non-hydrogen) atoms. The van der Waals surface area contributed by atoms with Gasteiger partial charge < -0.3 is 28.3 Å². The van der Waals surface area contributed by atoms with Gasteiger partial charge in [-0.1, -0.05) is 51.1 Å². The fourth-order valence-corrected chi connectivity index (χ4v) is 5.52. The van der Waals surface area contributed by atoms with Crippen molar-refractivity contribution in [2.75, 3.05) is 26.9 Å². The number of hydrogen-bond donors (Lipinski definition) is 0. The van der Waals surface area contributed by atoms with Crippen LogP contribution in [0, 0.1) is 0 Å². The third-order valence-electron chi connectivity index (χ3n) is 7.48. The molecule has 3 aliphatic heterocycles. The first kappa shape index (κ1) is 23.7. The molecule has 1 aromatic carbocycles. The number of benzene rings is 1. The fourth-order valence-electron chi connectivity index (χ4n) is 4.46. The van der Waals surface area contributed by atoms with Gasteiger partial charge in [0, 0.05) is 13.5 Å². The first-order valence-corrected chi connectivity index (χ1v) is 14.4. The molecule has 0 aliphatic carbocycles. The number of ether oxygens (including phenoxy) is 4. The smallest absolute Gasteiger partial charge is 0.410 e. The Morgan fingerprint density at radius 1 is 1.16 bits per heavy atom. The molecule has 3 heterocycles. The molecule has 1 aromatic rings. The van der Waals surface area contributed by atoms with Crippen LogP contribution in [0.15, 0.2) is 30.3 Å². The highest BCUT2D eigenvalue weighted by Gasteiger charge is 2.59. The van der Waals surface area contributed by atoms with E-state index in [1.165, 1.54) is 0 Å². The first-order chi connectivity index (χ1) is 15.0. The van der Waals surface area contributed by atoms with Crippen molar-refractivity contribution < 1.29 is 28.2 Å². The van der Waals surface area contributed by atoms with E-state index in [0.717, 1.165) is 5.56 Å². The molecule has 0 bridgehead atoms. The van der Waals surface area contributed by atoms with Crippen molar-refractivity contribution in [2.45, 2.75) is 81.9 Å². The van der Waals surface area contributed by atoms with Gasteiger partial charge >= 0.3 is 6.09 Å². The zero-order valence-electron chi connectivity index (χ0n) is 20.1. The van der Waals surface area contributed by atoms with Gasteiger partial charge in [0.05, 0.1) is 32.5 Å². The molecule has 3 aliphatic rings. The Hall–Kier alpha value is -1.45. The molecule has 0 unspecified atom stereocenters. The maximum absolute atomic E-state index is 12.1. The lowest BCUT2D eigenvalue weighted by Gasteiger charge is -2.40. The summed E-state index contributed by atoms with van der Waals surface area (Å²) in [5.41, 5.74) is 0.496. The highest BCUT2D eigenvalue weighted by atomic mass is 28.4. The van der Waals surface area contributed by atoms with E-state index in [0.29, 0.717) is 32.8 Å². The van der Waals surface area contributed by atoms with Crippen molar-refractivity contribution in [1.29, 1.82) is 0 Å². The second-order valence-electron chi connectivity index (χ2n) is 10.9. The summed E-state index contributed by atoms with van der Waals surface area (Å²) in [6.45, 7) is 13.0. The lowest BCUT2D eigenvalue weighted by atomic mass is 9.93. The molecule has 0 aromatic heterocycles. The van der Waals surface area contributed by atoms with E-state index in [4.69, 9.17) is 23.4 Å². The number of amides is 1. The van der Waals surface area contributed by atoms with Crippen LogP contribution in [0.2, 0.25) is 18.1 Å². The lowest BCUT2D eigenvalue weighted by molar-refractivity contribution is -0.156. The van der Waals surface area contributed by atoms with Crippen LogP contribution in [0.4, 0.5) is 4.79 Å². The molecule has 1 amide bonds. The fraction of sp³-hybridized carbons (Fsp3) is 0.708. The van der Waals surface area contributed by atoms with E-state index in [1.54, 1.807) is 11.9 Å². The number of carbonyl (C=O) groups excluding carboxylic acids is 1. The van der Waals surface area contributed by atoms with E-state index in [1.807, 2.05) is 18.2 Å². The maximum Gasteiger partial charge on any atom is 0.410 e. The van der Waals surface area contributed by atoms with Gasteiger partial charge in [-0.25, -0.2) is 4.79 Å². The minimum absolute atomic E-state index is 0.0952. The molecule has 3 saturated heterocycles. The zero-order chi connectivity index (χ0) is 23.1. The normalized spacial score (nSPS) is 32.6. The molecule has 0 spiro atoms. The topological polar surface area (TPSA) is 66.5 Å². The molecule has 0 N–H and O–H groups in total. The lowest BCUT2D eigenvalue weighted by Crippen LogP contribution is -2.54. The number of hydrogen-bond acceptors (Lipinski definition) is 6. The van der Waals surface area contributed by atoms with Gasteiger partial charge in [0.1, 0.15) is 23.9 Å². The van der Waals surface area contributed by atoms with Crippen LogP contribution >= 0.6 is 0 Å². The van der Waals surface area contributed by atoms with Crippen molar-refractivity contribution in [3.8, 4) is 0 Å². The van der Waals surface area contributed by atoms with Crippen LogP contribution in [-0.4, -0.2) is 76.1 Å². The van der Waals surface area contributed by atoms with E-state index in [2.05, 4.69) is 46.0 Å². The third kappa shape index (κ3) is 4.61. The molecular formula is C24H37NO6Si. The summed E-state index contributed by atoms with van der Waals surface area (Å²) in [6.07, 6.45) is -0.309. The first-order valence-electron chi connectivity index (χ1n) is 11.5. The van der Waals surface area contributed by atoms with Crippen molar-refractivity contribution >= 4 is 14.4 Å². The summed E-state index contributed by atoms with van der Waals surface area (Å²) >= 11 is 0. The van der Waals surface area contributed by atoms with E-state index in [9.17, 15) is 4.79 Å². The van der Waals surface area contributed by atoms with E-state index >= 15 is 0 Å². The monoisotopic (exact) mass is 463 g/mol. The molecule has 7 nitrogen and oxygen atoms in total. The molecule has 0 radical (unpaired) electrons. The minimum Gasteiger partial charge on any atom is -0.441 e. The van der Waals surface area contributed by atoms with Crippen LogP contribution in [0.1, 0.15) is 32.8 Å². The Labute approximate surface area is 192 Å². The Morgan fingerprint density at radius 2 is 1.88 bits per heavy atom. The number of carbonyl (C=O) groups is 1. The summed E-state index contributed by atoms with van der Waals surface area (Å²) in [6, 6.07) is 9.98. The summed E-state index contributed by atoms with van der Waals surface area (Å²) in [5, 5.41) is 0.0952. The Morgan fingerprint density at radius 3 is 2.56 bits per heavy atom. The van der Waals surface area contributed by atoms with Gasteiger partial charge in [0.25, 0.3) is 0 Å². The predicted molar refractivity (Wildman–Crippen MR) is 123 cm³/mol. The van der Waals surface area contributed by atoms with Gasteiger partial charge in [0.2, 0.25) is 0 Å². The molecule has 3 fully saturated rings. The largest absolute Gasteiger partial charge is 0.441 e. The average molecular weight is 464 g/mol. The van der Waals surface area contributed by atoms with Crippen LogP contribution in [0.25, 0.3) is 0 Å². The third-order valence-corrected chi connectivity index (χ3v) is 12.0. The number of rotatable bonds is 7. The number of fused-ring (bicyclic) bond motifs is 3. The zero-order valence-corrected chi connectivity index (χ0v) is 21.1. The predicted octanol–water partition coefficient (Wildman–Crippen LogP) is 3.97. The van der Waals surface area contributed by atoms with E-state index in [-0.39, 0.29) is 35.5 Å². The summed E-state index contributed by atoms with van der Waals surface area (Å²) < 4.78 is 31.1. The highest BCUT2D eigenvalue weighted by molar-refractivity contribution is 6.74. The molecular weight excluding hydrogens is 426 g/mol. The standard InChI is InChI=1S/C24H37NO6Si/c1-23(2,3)32(5,6)29-16-24(15-27-13-17-10-8-7-9-11-17)12-18-21(31-24)20-19(14-28-18)30-22(26)25(20)4/h7-11,18-21H,12-16H2,1-6H3/t18-,19-,20-,21+,24-/m1/s1. The summed E-state index contributed by atoms with van der Waals surface area (Å²) in [7, 11) is -0.213. The minimum atomic E-state index is -1.99. The van der Waals surface area contributed by atoms with Crippen LogP contribution in [-0.2, 0) is 30.0 Å². The Balaban J connectivity index is 1.51. The Kier molecular flexibility index (Phi) is 6.46. The average Bonchev–Trinajstić information content (AvgIpc) is 3.24. The van der Waals surface area contributed by atoms with Crippen molar-refractivity contribution in [3.05, 3.63) is 35.9 Å². The molecule has 8 heteroatoms. The van der Waals surface area contributed by atoms with Crippen molar-refractivity contribution in [2.24, 2.45) is 0 Å². The molecule has 4 rings (SSSR count). The van der Waals surface area contributed by atoms with Gasteiger partial charge in [-0.05, 0) is 23.7 Å². The molecule has 5 atom stereocenters. The maximum atomic E-state index is 12.1. The Bertz CT molecular complexity index is 812.